The Hall–Kier alpha value is -3.64. The minimum absolute atomic E-state index is 0.0763. The standard InChI is InChI=1S/C32H21Cl3N2O3/c33-23-12-6-5-11-22(23)30(38)36(16-17-13-14-24(34)25(35)15-17)37-31(39)28-26-18-7-1-2-8-19(18)27(29(28)32(37)40)21-10-4-3-9-20(21)26/h1-15,26-29H,16H2/t26?,27?,28-,29-/m1/s1. The number of halogens is 3. The van der Waals surface area contributed by atoms with Crippen LogP contribution in [0.15, 0.2) is 91.0 Å². The molecule has 0 aromatic heterocycles. The molecule has 1 saturated heterocycles. The molecule has 0 N–H and O–H groups in total. The van der Waals surface area contributed by atoms with Gasteiger partial charge in [0.25, 0.3) is 17.7 Å². The number of rotatable bonds is 4. The van der Waals surface area contributed by atoms with Crippen LogP contribution < -0.4 is 0 Å². The fraction of sp³-hybridized carbons (Fsp3) is 0.156. The van der Waals surface area contributed by atoms with E-state index in [9.17, 15) is 14.4 Å². The number of hydrazine groups is 1. The van der Waals surface area contributed by atoms with Crippen molar-refractivity contribution in [3.63, 3.8) is 0 Å². The first-order chi connectivity index (χ1) is 19.4. The van der Waals surface area contributed by atoms with Crippen molar-refractivity contribution in [1.29, 1.82) is 0 Å². The topological polar surface area (TPSA) is 57.7 Å². The number of imide groups is 1. The van der Waals surface area contributed by atoms with Gasteiger partial charge in [0, 0.05) is 11.8 Å². The summed E-state index contributed by atoms with van der Waals surface area (Å²) in [6, 6.07) is 27.6. The van der Waals surface area contributed by atoms with Crippen LogP contribution in [0.2, 0.25) is 15.1 Å². The van der Waals surface area contributed by atoms with Gasteiger partial charge in [-0.3, -0.25) is 14.4 Å². The van der Waals surface area contributed by atoms with Crippen LogP contribution in [0.3, 0.4) is 0 Å². The molecule has 4 aromatic rings. The van der Waals surface area contributed by atoms with Gasteiger partial charge < -0.3 is 0 Å². The Morgan fingerprint density at radius 1 is 0.650 bits per heavy atom. The Labute approximate surface area is 245 Å². The van der Waals surface area contributed by atoms with Crippen molar-refractivity contribution in [2.45, 2.75) is 18.4 Å². The molecule has 5 nitrogen and oxygen atoms in total. The summed E-state index contributed by atoms with van der Waals surface area (Å²) >= 11 is 18.8. The summed E-state index contributed by atoms with van der Waals surface area (Å²) < 4.78 is 0. The van der Waals surface area contributed by atoms with Gasteiger partial charge in [-0.15, -0.1) is 0 Å². The molecule has 3 aliphatic carbocycles. The zero-order valence-electron chi connectivity index (χ0n) is 20.9. The largest absolute Gasteiger partial charge is 0.274 e. The molecule has 3 amide bonds. The lowest BCUT2D eigenvalue weighted by molar-refractivity contribution is -0.155. The molecule has 2 bridgehead atoms. The van der Waals surface area contributed by atoms with Crippen LogP contribution in [-0.4, -0.2) is 27.7 Å². The molecule has 0 unspecified atom stereocenters. The van der Waals surface area contributed by atoms with Gasteiger partial charge in [-0.2, -0.15) is 5.01 Å². The van der Waals surface area contributed by atoms with Crippen LogP contribution in [0.5, 0.6) is 0 Å². The Bertz CT molecular complexity index is 1620. The van der Waals surface area contributed by atoms with E-state index in [1.807, 2.05) is 48.5 Å². The second-order valence-electron chi connectivity index (χ2n) is 10.3. The summed E-state index contributed by atoms with van der Waals surface area (Å²) in [5.74, 6) is -3.17. The molecule has 8 heteroatoms. The van der Waals surface area contributed by atoms with E-state index in [0.717, 1.165) is 27.3 Å². The zero-order valence-corrected chi connectivity index (χ0v) is 23.2. The van der Waals surface area contributed by atoms with E-state index >= 15 is 0 Å². The number of carbonyl (C=O) groups is 3. The van der Waals surface area contributed by atoms with Crippen molar-refractivity contribution in [1.82, 2.24) is 10.0 Å². The van der Waals surface area contributed by atoms with Crippen molar-refractivity contribution in [2.75, 3.05) is 0 Å². The second kappa shape index (κ2) is 9.48. The molecule has 1 fully saturated rings. The van der Waals surface area contributed by atoms with E-state index in [1.165, 1.54) is 5.01 Å². The van der Waals surface area contributed by atoms with E-state index in [0.29, 0.717) is 15.6 Å². The monoisotopic (exact) mass is 586 g/mol. The summed E-state index contributed by atoms with van der Waals surface area (Å²) in [4.78, 5) is 42.8. The van der Waals surface area contributed by atoms with E-state index in [4.69, 9.17) is 34.8 Å². The maximum Gasteiger partial charge on any atom is 0.274 e. The highest BCUT2D eigenvalue weighted by Crippen LogP contribution is 2.61. The molecule has 0 radical (unpaired) electrons. The number of nitrogens with zero attached hydrogens (tertiary/aromatic N) is 2. The predicted molar refractivity (Wildman–Crippen MR) is 153 cm³/mol. The summed E-state index contributed by atoms with van der Waals surface area (Å²) in [5, 5.41) is 3.16. The average molecular weight is 588 g/mol. The molecule has 1 aliphatic heterocycles. The lowest BCUT2D eigenvalue weighted by atomic mass is 9.55. The molecular weight excluding hydrogens is 567 g/mol. The van der Waals surface area contributed by atoms with Crippen molar-refractivity contribution in [3.05, 3.63) is 139 Å². The number of carbonyl (C=O) groups excluding carboxylic acids is 3. The van der Waals surface area contributed by atoms with Gasteiger partial charge in [-0.05, 0) is 52.1 Å². The van der Waals surface area contributed by atoms with E-state index in [-0.39, 0.29) is 29.0 Å². The SMILES string of the molecule is O=C(c1ccccc1Cl)N(Cc1ccc(Cl)c(Cl)c1)N1C(=O)[C@@H]2C3c4ccccc4C(c4ccccc43)[C@H]2C1=O. The molecule has 1 heterocycles. The highest BCUT2D eigenvalue weighted by molar-refractivity contribution is 6.42. The zero-order chi connectivity index (χ0) is 27.7. The summed E-state index contributed by atoms with van der Waals surface area (Å²) in [6.45, 7) is -0.0763. The number of amides is 3. The van der Waals surface area contributed by atoms with E-state index < -0.39 is 29.6 Å². The molecule has 198 valence electrons. The van der Waals surface area contributed by atoms with Crippen molar-refractivity contribution in [3.8, 4) is 0 Å². The Morgan fingerprint density at radius 3 is 1.65 bits per heavy atom. The summed E-state index contributed by atoms with van der Waals surface area (Å²) in [6.07, 6.45) is 0. The third-order valence-corrected chi connectivity index (χ3v) is 9.39. The van der Waals surface area contributed by atoms with Crippen LogP contribution in [0.25, 0.3) is 0 Å². The van der Waals surface area contributed by atoms with Gasteiger partial charge in [0.2, 0.25) is 0 Å². The molecule has 0 saturated carbocycles. The first-order valence-corrected chi connectivity index (χ1v) is 14.1. The highest BCUT2D eigenvalue weighted by atomic mass is 35.5. The summed E-state index contributed by atoms with van der Waals surface area (Å²) in [5.41, 5.74) is 5.04. The second-order valence-corrected chi connectivity index (χ2v) is 11.6. The smallest absolute Gasteiger partial charge is 0.272 e. The van der Waals surface area contributed by atoms with Gasteiger partial charge in [0.05, 0.1) is 39.0 Å². The van der Waals surface area contributed by atoms with Crippen molar-refractivity contribution in [2.24, 2.45) is 11.8 Å². The summed E-state index contributed by atoms with van der Waals surface area (Å²) in [7, 11) is 0. The van der Waals surface area contributed by atoms with Gasteiger partial charge in [-0.25, -0.2) is 5.01 Å². The van der Waals surface area contributed by atoms with Crippen LogP contribution in [0.1, 0.15) is 50.0 Å². The minimum Gasteiger partial charge on any atom is -0.272 e. The Kier molecular flexibility index (Phi) is 6.00. The average Bonchev–Trinajstić information content (AvgIpc) is 3.23. The van der Waals surface area contributed by atoms with Crippen LogP contribution in [0.4, 0.5) is 0 Å². The quantitative estimate of drug-likeness (QED) is 0.239. The predicted octanol–water partition coefficient (Wildman–Crippen LogP) is 7.10. The lowest BCUT2D eigenvalue weighted by Gasteiger charge is -2.45. The molecular formula is C32H21Cl3N2O3. The third-order valence-electron chi connectivity index (χ3n) is 8.32. The molecule has 8 rings (SSSR count). The van der Waals surface area contributed by atoms with Gasteiger partial charge in [0.1, 0.15) is 0 Å². The Balaban J connectivity index is 1.36. The molecule has 0 spiro atoms. The van der Waals surface area contributed by atoms with Crippen LogP contribution >= 0.6 is 34.8 Å². The van der Waals surface area contributed by atoms with Crippen LogP contribution in [-0.2, 0) is 16.1 Å². The Morgan fingerprint density at radius 2 is 1.15 bits per heavy atom. The molecule has 40 heavy (non-hydrogen) atoms. The van der Waals surface area contributed by atoms with E-state index in [2.05, 4.69) is 0 Å². The van der Waals surface area contributed by atoms with Gasteiger partial charge in [-0.1, -0.05) is 102 Å². The van der Waals surface area contributed by atoms with Gasteiger partial charge >= 0.3 is 0 Å². The molecule has 4 aliphatic rings. The minimum atomic E-state index is -0.627. The number of benzene rings is 4. The lowest BCUT2D eigenvalue weighted by Crippen LogP contribution is -2.50. The van der Waals surface area contributed by atoms with Crippen LogP contribution in [0, 0.1) is 11.8 Å². The van der Waals surface area contributed by atoms with Gasteiger partial charge in [0.15, 0.2) is 0 Å². The number of hydrogen-bond acceptors (Lipinski definition) is 3. The highest BCUT2D eigenvalue weighted by Gasteiger charge is 2.63. The third kappa shape index (κ3) is 3.65. The normalized spacial score (nSPS) is 22.1. The van der Waals surface area contributed by atoms with Crippen molar-refractivity contribution < 1.29 is 14.4 Å². The van der Waals surface area contributed by atoms with Crippen molar-refractivity contribution >= 4 is 52.5 Å². The fourth-order valence-electron chi connectivity index (χ4n) is 6.72. The number of hydrogen-bond donors (Lipinski definition) is 0. The molecule has 2 atom stereocenters. The maximum atomic E-state index is 14.4. The fourth-order valence-corrected chi connectivity index (χ4v) is 7.25. The van der Waals surface area contributed by atoms with E-state index in [1.54, 1.807) is 42.5 Å². The molecule has 4 aromatic carbocycles. The first kappa shape index (κ1) is 25.3. The maximum absolute atomic E-state index is 14.4. The first-order valence-electron chi connectivity index (χ1n) is 12.9.